The molecule has 0 aliphatic carbocycles. The SMILES string of the molecule is CN=C(NCCSc1ccccc1)NCc1nc(C)c(C)s1.I. The van der Waals surface area contributed by atoms with Crippen molar-refractivity contribution in [1.82, 2.24) is 15.6 Å². The molecule has 2 aromatic rings. The molecule has 126 valence electrons. The maximum absolute atomic E-state index is 4.52. The van der Waals surface area contributed by atoms with E-state index in [1.54, 1.807) is 18.4 Å². The monoisotopic (exact) mass is 462 g/mol. The van der Waals surface area contributed by atoms with Gasteiger partial charge >= 0.3 is 0 Å². The van der Waals surface area contributed by atoms with Gasteiger partial charge in [-0.15, -0.1) is 47.1 Å². The Morgan fingerprint density at radius 2 is 1.96 bits per heavy atom. The van der Waals surface area contributed by atoms with Gasteiger partial charge in [-0.3, -0.25) is 4.99 Å². The second-order valence-electron chi connectivity index (χ2n) is 4.76. The largest absolute Gasteiger partial charge is 0.356 e. The van der Waals surface area contributed by atoms with Gasteiger partial charge in [0, 0.05) is 29.1 Å². The van der Waals surface area contributed by atoms with Crippen LogP contribution in [0.3, 0.4) is 0 Å². The highest BCUT2D eigenvalue weighted by Gasteiger charge is 2.04. The summed E-state index contributed by atoms with van der Waals surface area (Å²) in [5.74, 6) is 1.82. The number of hydrogen-bond acceptors (Lipinski definition) is 4. The molecular formula is C16H23IN4S2. The maximum atomic E-state index is 4.52. The Labute approximate surface area is 163 Å². The summed E-state index contributed by atoms with van der Waals surface area (Å²) < 4.78 is 0. The fourth-order valence-corrected chi connectivity index (χ4v) is 3.51. The first kappa shape index (κ1) is 20.2. The molecule has 2 N–H and O–H groups in total. The minimum absolute atomic E-state index is 0. The van der Waals surface area contributed by atoms with E-state index in [9.17, 15) is 0 Å². The topological polar surface area (TPSA) is 49.3 Å². The van der Waals surface area contributed by atoms with Gasteiger partial charge in [-0.2, -0.15) is 0 Å². The lowest BCUT2D eigenvalue weighted by atomic mass is 10.4. The van der Waals surface area contributed by atoms with Crippen molar-refractivity contribution in [3.8, 4) is 0 Å². The molecule has 7 heteroatoms. The summed E-state index contributed by atoms with van der Waals surface area (Å²) in [6.07, 6.45) is 0. The summed E-state index contributed by atoms with van der Waals surface area (Å²) in [6.45, 7) is 5.73. The van der Waals surface area contributed by atoms with Crippen LogP contribution in [0.1, 0.15) is 15.6 Å². The molecule has 0 atom stereocenters. The van der Waals surface area contributed by atoms with Crippen molar-refractivity contribution in [2.75, 3.05) is 19.3 Å². The first-order valence-electron chi connectivity index (χ1n) is 7.24. The number of aryl methyl sites for hydroxylation is 2. The zero-order chi connectivity index (χ0) is 15.8. The molecule has 0 amide bonds. The molecule has 0 saturated heterocycles. The number of aromatic nitrogens is 1. The van der Waals surface area contributed by atoms with Gasteiger partial charge in [0.1, 0.15) is 5.01 Å². The molecule has 0 radical (unpaired) electrons. The zero-order valence-electron chi connectivity index (χ0n) is 13.6. The fourth-order valence-electron chi connectivity index (χ4n) is 1.85. The molecule has 1 heterocycles. The third-order valence-electron chi connectivity index (χ3n) is 3.11. The van der Waals surface area contributed by atoms with Crippen LogP contribution in [0.15, 0.2) is 40.2 Å². The van der Waals surface area contributed by atoms with Crippen LogP contribution < -0.4 is 10.6 Å². The van der Waals surface area contributed by atoms with Crippen LogP contribution in [-0.4, -0.2) is 30.3 Å². The van der Waals surface area contributed by atoms with Crippen molar-refractivity contribution < 1.29 is 0 Å². The van der Waals surface area contributed by atoms with E-state index in [1.807, 2.05) is 24.8 Å². The summed E-state index contributed by atoms with van der Waals surface area (Å²) in [4.78, 5) is 11.3. The van der Waals surface area contributed by atoms with E-state index in [0.29, 0.717) is 6.54 Å². The third kappa shape index (κ3) is 7.09. The Balaban J connectivity index is 0.00000264. The van der Waals surface area contributed by atoms with Crippen LogP contribution in [0.4, 0.5) is 0 Å². The number of rotatable bonds is 6. The lowest BCUT2D eigenvalue weighted by Gasteiger charge is -2.10. The molecule has 0 aliphatic rings. The summed E-state index contributed by atoms with van der Waals surface area (Å²) in [5, 5.41) is 7.72. The Morgan fingerprint density at radius 3 is 2.57 bits per heavy atom. The molecule has 0 fully saturated rings. The van der Waals surface area contributed by atoms with Crippen molar-refractivity contribution in [1.29, 1.82) is 0 Å². The minimum atomic E-state index is 0. The molecule has 0 aliphatic heterocycles. The fraction of sp³-hybridized carbons (Fsp3) is 0.375. The van der Waals surface area contributed by atoms with Gasteiger partial charge in [0.25, 0.3) is 0 Å². The zero-order valence-corrected chi connectivity index (χ0v) is 17.6. The first-order valence-corrected chi connectivity index (χ1v) is 9.04. The second kappa shape index (κ2) is 10.9. The molecule has 1 aromatic heterocycles. The van der Waals surface area contributed by atoms with Crippen LogP contribution in [-0.2, 0) is 6.54 Å². The van der Waals surface area contributed by atoms with Gasteiger partial charge in [0.2, 0.25) is 0 Å². The summed E-state index contributed by atoms with van der Waals surface area (Å²) in [5.41, 5.74) is 1.11. The van der Waals surface area contributed by atoms with E-state index in [4.69, 9.17) is 0 Å². The van der Waals surface area contributed by atoms with Gasteiger partial charge in [0.15, 0.2) is 5.96 Å². The van der Waals surface area contributed by atoms with Gasteiger partial charge in [-0.25, -0.2) is 4.98 Å². The van der Waals surface area contributed by atoms with E-state index in [1.165, 1.54) is 9.77 Å². The number of halogens is 1. The lowest BCUT2D eigenvalue weighted by molar-refractivity contribution is 0.824. The minimum Gasteiger partial charge on any atom is -0.356 e. The van der Waals surface area contributed by atoms with Crippen LogP contribution in [0.2, 0.25) is 0 Å². The van der Waals surface area contributed by atoms with Crippen molar-refractivity contribution in [3.05, 3.63) is 45.9 Å². The Kier molecular flexibility index (Phi) is 9.57. The highest BCUT2D eigenvalue weighted by molar-refractivity contribution is 14.0. The number of hydrogen-bond donors (Lipinski definition) is 2. The highest BCUT2D eigenvalue weighted by atomic mass is 127. The third-order valence-corrected chi connectivity index (χ3v) is 5.20. The quantitative estimate of drug-likeness (QED) is 0.225. The van der Waals surface area contributed by atoms with Gasteiger partial charge in [-0.05, 0) is 26.0 Å². The van der Waals surface area contributed by atoms with Crippen molar-refractivity contribution in [2.24, 2.45) is 4.99 Å². The normalized spacial score (nSPS) is 11.0. The van der Waals surface area contributed by atoms with Crippen molar-refractivity contribution in [3.63, 3.8) is 0 Å². The predicted octanol–water partition coefficient (Wildman–Crippen LogP) is 3.84. The smallest absolute Gasteiger partial charge is 0.191 e. The van der Waals surface area contributed by atoms with Crippen LogP contribution >= 0.6 is 47.1 Å². The number of nitrogens with zero attached hydrogens (tertiary/aromatic N) is 2. The number of aliphatic imine (C=N–C) groups is 1. The number of benzene rings is 1. The standard InChI is InChI=1S/C16H22N4S2.HI/c1-12-13(2)22-15(20-12)11-19-16(17-3)18-9-10-21-14-7-5-4-6-8-14;/h4-8H,9-11H2,1-3H3,(H2,17,18,19);1H. The Bertz CT molecular complexity index is 594. The first-order chi connectivity index (χ1) is 10.7. The van der Waals surface area contributed by atoms with Crippen LogP contribution in [0, 0.1) is 13.8 Å². The van der Waals surface area contributed by atoms with Crippen LogP contribution in [0.25, 0.3) is 0 Å². The van der Waals surface area contributed by atoms with E-state index in [-0.39, 0.29) is 24.0 Å². The predicted molar refractivity (Wildman–Crippen MR) is 112 cm³/mol. The molecular weight excluding hydrogens is 439 g/mol. The molecule has 2 rings (SSSR count). The van der Waals surface area contributed by atoms with Gasteiger partial charge in [-0.1, -0.05) is 18.2 Å². The Morgan fingerprint density at radius 1 is 1.22 bits per heavy atom. The maximum Gasteiger partial charge on any atom is 0.191 e. The average molecular weight is 462 g/mol. The summed E-state index contributed by atoms with van der Waals surface area (Å²) in [6, 6.07) is 10.4. The molecule has 0 saturated carbocycles. The molecule has 0 unspecified atom stereocenters. The van der Waals surface area contributed by atoms with E-state index >= 15 is 0 Å². The molecule has 1 aromatic carbocycles. The summed E-state index contributed by atoms with van der Waals surface area (Å²) >= 11 is 3.57. The molecule has 23 heavy (non-hydrogen) atoms. The highest BCUT2D eigenvalue weighted by Crippen LogP contribution is 2.16. The number of guanidine groups is 1. The van der Waals surface area contributed by atoms with E-state index < -0.39 is 0 Å². The van der Waals surface area contributed by atoms with E-state index in [2.05, 4.69) is 51.8 Å². The number of thiazole rings is 1. The number of thioether (sulfide) groups is 1. The average Bonchev–Trinajstić information content (AvgIpc) is 2.86. The molecule has 0 spiro atoms. The lowest BCUT2D eigenvalue weighted by Crippen LogP contribution is -2.37. The van der Waals surface area contributed by atoms with Crippen molar-refractivity contribution in [2.45, 2.75) is 25.3 Å². The Hall–Kier alpha value is -0.800. The summed E-state index contributed by atoms with van der Waals surface area (Å²) in [7, 11) is 1.79. The second-order valence-corrected chi connectivity index (χ2v) is 7.22. The van der Waals surface area contributed by atoms with Crippen molar-refractivity contribution >= 4 is 53.0 Å². The van der Waals surface area contributed by atoms with Crippen LogP contribution in [0.5, 0.6) is 0 Å². The number of nitrogens with one attached hydrogen (secondary N) is 2. The molecule has 4 nitrogen and oxygen atoms in total. The van der Waals surface area contributed by atoms with Gasteiger partial charge in [0.05, 0.1) is 12.2 Å². The van der Waals surface area contributed by atoms with Gasteiger partial charge < -0.3 is 10.6 Å². The molecule has 0 bridgehead atoms. The van der Waals surface area contributed by atoms with E-state index in [0.717, 1.165) is 29.0 Å².